The molecule has 1 saturated heterocycles. The summed E-state index contributed by atoms with van der Waals surface area (Å²) >= 11 is 0. The highest BCUT2D eigenvalue weighted by Crippen LogP contribution is 2.37. The number of urea groups is 1. The molecule has 0 aromatic heterocycles. The summed E-state index contributed by atoms with van der Waals surface area (Å²) in [6.45, 7) is 1.83. The largest absolute Gasteiger partial charge is 0.351 e. The Hall–Kier alpha value is -0.730. The number of carbonyl (C=O) groups is 1. The molecule has 2 atom stereocenters. The summed E-state index contributed by atoms with van der Waals surface area (Å²) in [7, 11) is 0. The molecule has 1 saturated carbocycles. The van der Waals surface area contributed by atoms with E-state index in [-0.39, 0.29) is 6.03 Å². The number of primary amides is 1. The molecule has 1 aliphatic carbocycles. The van der Waals surface area contributed by atoms with E-state index in [1.54, 1.807) is 4.90 Å². The van der Waals surface area contributed by atoms with Gasteiger partial charge in [0.2, 0.25) is 0 Å². The standard InChI is InChI=1S/C8H14N2O/c9-8(11)10-4-6-2-1-3-7(6)5-10/h6-7H,1-5H2,(H2,9,11)/t6-,7?/m1/s1. The van der Waals surface area contributed by atoms with E-state index in [0.29, 0.717) is 0 Å². The van der Waals surface area contributed by atoms with Gasteiger partial charge >= 0.3 is 6.03 Å². The van der Waals surface area contributed by atoms with Crippen LogP contribution in [-0.4, -0.2) is 24.0 Å². The molecule has 2 rings (SSSR count). The minimum absolute atomic E-state index is 0.237. The van der Waals surface area contributed by atoms with Gasteiger partial charge in [-0.15, -0.1) is 0 Å². The molecule has 3 heteroatoms. The fourth-order valence-corrected chi connectivity index (χ4v) is 2.41. The van der Waals surface area contributed by atoms with Crippen LogP contribution in [0.25, 0.3) is 0 Å². The van der Waals surface area contributed by atoms with E-state index in [1.807, 2.05) is 0 Å². The van der Waals surface area contributed by atoms with Crippen LogP contribution in [0.3, 0.4) is 0 Å². The van der Waals surface area contributed by atoms with Gasteiger partial charge in [-0.2, -0.15) is 0 Å². The molecule has 1 unspecified atom stereocenters. The van der Waals surface area contributed by atoms with Crippen LogP contribution in [0, 0.1) is 11.8 Å². The van der Waals surface area contributed by atoms with Crippen LogP contribution in [0.15, 0.2) is 0 Å². The Morgan fingerprint density at radius 1 is 1.27 bits per heavy atom. The molecule has 2 amide bonds. The van der Waals surface area contributed by atoms with Crippen molar-refractivity contribution in [2.75, 3.05) is 13.1 Å². The zero-order valence-electron chi connectivity index (χ0n) is 6.62. The van der Waals surface area contributed by atoms with Gasteiger partial charge in [-0.1, -0.05) is 6.42 Å². The number of likely N-dealkylation sites (tertiary alicyclic amines) is 1. The first-order chi connectivity index (χ1) is 5.27. The van der Waals surface area contributed by atoms with Gasteiger partial charge in [0.05, 0.1) is 0 Å². The van der Waals surface area contributed by atoms with E-state index in [2.05, 4.69) is 0 Å². The maximum atomic E-state index is 10.8. The molecule has 0 radical (unpaired) electrons. The molecule has 1 aliphatic heterocycles. The second-order valence-electron chi connectivity index (χ2n) is 3.69. The van der Waals surface area contributed by atoms with E-state index in [1.165, 1.54) is 19.3 Å². The predicted molar refractivity (Wildman–Crippen MR) is 42.0 cm³/mol. The van der Waals surface area contributed by atoms with Crippen LogP contribution in [0.1, 0.15) is 19.3 Å². The highest BCUT2D eigenvalue weighted by molar-refractivity contribution is 5.72. The Balaban J connectivity index is 1.99. The predicted octanol–water partition coefficient (Wildman–Crippen LogP) is 0.797. The van der Waals surface area contributed by atoms with E-state index in [4.69, 9.17) is 5.73 Å². The maximum absolute atomic E-state index is 10.8. The lowest BCUT2D eigenvalue weighted by molar-refractivity contribution is 0.215. The quantitative estimate of drug-likeness (QED) is 0.551. The lowest BCUT2D eigenvalue weighted by Crippen LogP contribution is -2.34. The summed E-state index contributed by atoms with van der Waals surface area (Å²) in [5, 5.41) is 0. The zero-order valence-corrected chi connectivity index (χ0v) is 6.62. The first-order valence-electron chi connectivity index (χ1n) is 4.32. The Morgan fingerprint density at radius 3 is 2.27 bits per heavy atom. The molecule has 1 heterocycles. The molecule has 0 spiro atoms. The molecule has 62 valence electrons. The summed E-state index contributed by atoms with van der Waals surface area (Å²) in [6.07, 6.45) is 3.95. The Morgan fingerprint density at radius 2 is 1.82 bits per heavy atom. The number of rotatable bonds is 0. The van der Waals surface area contributed by atoms with Gasteiger partial charge in [-0.05, 0) is 24.7 Å². The average molecular weight is 154 g/mol. The van der Waals surface area contributed by atoms with Gasteiger partial charge in [0.25, 0.3) is 0 Å². The molecule has 0 aromatic carbocycles. The Labute approximate surface area is 66.5 Å². The molecule has 0 aromatic rings. The highest BCUT2D eigenvalue weighted by atomic mass is 16.2. The fraction of sp³-hybridized carbons (Fsp3) is 0.875. The van der Waals surface area contributed by atoms with Crippen molar-refractivity contribution in [1.82, 2.24) is 4.90 Å². The molecule has 3 nitrogen and oxygen atoms in total. The minimum atomic E-state index is -0.237. The number of fused-ring (bicyclic) bond motifs is 1. The third-order valence-electron chi connectivity index (χ3n) is 3.04. The summed E-state index contributed by atoms with van der Waals surface area (Å²) in [4.78, 5) is 12.6. The van der Waals surface area contributed by atoms with Crippen molar-refractivity contribution < 1.29 is 4.79 Å². The van der Waals surface area contributed by atoms with E-state index in [0.717, 1.165) is 24.9 Å². The second-order valence-corrected chi connectivity index (χ2v) is 3.69. The van der Waals surface area contributed by atoms with E-state index in [9.17, 15) is 4.79 Å². The number of carbonyl (C=O) groups excluding carboxylic acids is 1. The summed E-state index contributed by atoms with van der Waals surface area (Å²) in [5.74, 6) is 1.53. The summed E-state index contributed by atoms with van der Waals surface area (Å²) in [6, 6.07) is -0.237. The van der Waals surface area contributed by atoms with Gasteiger partial charge in [0, 0.05) is 13.1 Å². The van der Waals surface area contributed by atoms with Crippen molar-refractivity contribution in [1.29, 1.82) is 0 Å². The van der Waals surface area contributed by atoms with Crippen LogP contribution in [-0.2, 0) is 0 Å². The van der Waals surface area contributed by atoms with E-state index >= 15 is 0 Å². The third-order valence-corrected chi connectivity index (χ3v) is 3.04. The second kappa shape index (κ2) is 2.40. The molecular formula is C8H14N2O. The first kappa shape index (κ1) is 6.95. The number of nitrogens with two attached hydrogens (primary N) is 1. The molecular weight excluding hydrogens is 140 g/mol. The fourth-order valence-electron chi connectivity index (χ4n) is 2.41. The SMILES string of the molecule is NC(=O)N1CC2CCC[C@@H]2C1. The van der Waals surface area contributed by atoms with Gasteiger partial charge in [-0.25, -0.2) is 4.79 Å². The molecule has 2 N–H and O–H groups in total. The lowest BCUT2D eigenvalue weighted by Gasteiger charge is -2.12. The smallest absolute Gasteiger partial charge is 0.314 e. The number of amides is 2. The van der Waals surface area contributed by atoms with Crippen molar-refractivity contribution in [3.8, 4) is 0 Å². The van der Waals surface area contributed by atoms with Crippen molar-refractivity contribution in [2.24, 2.45) is 17.6 Å². The van der Waals surface area contributed by atoms with Crippen LogP contribution in [0.4, 0.5) is 4.79 Å². The normalized spacial score (nSPS) is 35.8. The number of nitrogens with zero attached hydrogens (tertiary/aromatic N) is 1. The van der Waals surface area contributed by atoms with Crippen LogP contribution < -0.4 is 5.73 Å². The van der Waals surface area contributed by atoms with Crippen molar-refractivity contribution in [3.05, 3.63) is 0 Å². The third kappa shape index (κ3) is 1.08. The summed E-state index contributed by atoms with van der Waals surface area (Å²) in [5.41, 5.74) is 5.19. The van der Waals surface area contributed by atoms with Crippen molar-refractivity contribution >= 4 is 6.03 Å². The lowest BCUT2D eigenvalue weighted by atomic mass is 10.0. The first-order valence-corrected chi connectivity index (χ1v) is 4.32. The van der Waals surface area contributed by atoms with Crippen LogP contribution in [0.5, 0.6) is 0 Å². The van der Waals surface area contributed by atoms with Crippen molar-refractivity contribution in [2.45, 2.75) is 19.3 Å². The monoisotopic (exact) mass is 154 g/mol. The van der Waals surface area contributed by atoms with Gasteiger partial charge < -0.3 is 10.6 Å². The van der Waals surface area contributed by atoms with Gasteiger partial charge in [0.1, 0.15) is 0 Å². The summed E-state index contributed by atoms with van der Waals surface area (Å²) < 4.78 is 0. The maximum Gasteiger partial charge on any atom is 0.314 e. The van der Waals surface area contributed by atoms with Crippen LogP contribution in [0.2, 0.25) is 0 Å². The average Bonchev–Trinajstić information content (AvgIpc) is 2.40. The van der Waals surface area contributed by atoms with Gasteiger partial charge in [-0.3, -0.25) is 0 Å². The van der Waals surface area contributed by atoms with E-state index < -0.39 is 0 Å². The Bertz CT molecular complexity index is 169. The molecule has 2 aliphatic rings. The topological polar surface area (TPSA) is 46.3 Å². The molecule has 2 fully saturated rings. The minimum Gasteiger partial charge on any atom is -0.351 e. The molecule has 11 heavy (non-hydrogen) atoms. The van der Waals surface area contributed by atoms with Crippen LogP contribution >= 0.6 is 0 Å². The van der Waals surface area contributed by atoms with Crippen molar-refractivity contribution in [3.63, 3.8) is 0 Å². The molecule has 0 bridgehead atoms. The number of hydrogen-bond donors (Lipinski definition) is 1. The Kier molecular flexibility index (Phi) is 1.51. The highest BCUT2D eigenvalue weighted by Gasteiger charge is 2.37. The zero-order chi connectivity index (χ0) is 7.84. The van der Waals surface area contributed by atoms with Gasteiger partial charge in [0.15, 0.2) is 0 Å². The number of hydrogen-bond acceptors (Lipinski definition) is 1.